The van der Waals surface area contributed by atoms with Gasteiger partial charge in [0.25, 0.3) is 0 Å². The Labute approximate surface area is 186 Å². The van der Waals surface area contributed by atoms with E-state index in [4.69, 9.17) is 0 Å². The molecule has 2 aromatic rings. The number of hydrogen-bond acceptors (Lipinski definition) is 3. The molecule has 0 unspecified atom stereocenters. The molecule has 0 saturated carbocycles. The molecule has 6 heteroatoms. The summed E-state index contributed by atoms with van der Waals surface area (Å²) >= 11 is 0. The number of rotatable bonds is 8. The van der Waals surface area contributed by atoms with Crippen LogP contribution < -0.4 is 9.62 Å². The third-order valence-electron chi connectivity index (χ3n) is 6.05. The maximum Gasteiger partial charge on any atom is 0.241 e. The first-order chi connectivity index (χ1) is 14.7. The number of carbonyl (C=O) groups is 1. The molecule has 1 aliphatic rings. The van der Waals surface area contributed by atoms with Crippen LogP contribution in [0.3, 0.4) is 0 Å². The van der Waals surface area contributed by atoms with Crippen molar-refractivity contribution < 1.29 is 13.2 Å². The summed E-state index contributed by atoms with van der Waals surface area (Å²) in [6.07, 6.45) is 6.53. The zero-order valence-corrected chi connectivity index (χ0v) is 19.8. The van der Waals surface area contributed by atoms with Gasteiger partial charge in [0.1, 0.15) is 6.54 Å². The van der Waals surface area contributed by atoms with Crippen LogP contribution in [0.2, 0.25) is 0 Å². The van der Waals surface area contributed by atoms with Gasteiger partial charge in [0.05, 0.1) is 18.0 Å². The van der Waals surface area contributed by atoms with E-state index in [0.717, 1.165) is 36.6 Å². The molecule has 1 amide bonds. The zero-order chi connectivity index (χ0) is 22.6. The molecule has 1 atom stereocenters. The van der Waals surface area contributed by atoms with Crippen LogP contribution in [0.4, 0.5) is 5.69 Å². The number of nitrogens with zero attached hydrogens (tertiary/aromatic N) is 1. The quantitative estimate of drug-likeness (QED) is 0.643. The first kappa shape index (κ1) is 23.3. The third-order valence-corrected chi connectivity index (χ3v) is 7.19. The maximum atomic E-state index is 12.9. The van der Waals surface area contributed by atoms with Crippen LogP contribution in [-0.2, 0) is 27.7 Å². The molecular formula is C25H34N2O3S. The van der Waals surface area contributed by atoms with Crippen molar-refractivity contribution in [2.45, 2.75) is 64.8 Å². The average Bonchev–Trinajstić information content (AvgIpc) is 2.74. The van der Waals surface area contributed by atoms with Gasteiger partial charge in [-0.05, 0) is 72.4 Å². The summed E-state index contributed by atoms with van der Waals surface area (Å²) in [5.41, 5.74) is 5.50. The highest BCUT2D eigenvalue weighted by Gasteiger charge is 2.23. The van der Waals surface area contributed by atoms with Gasteiger partial charge in [-0.3, -0.25) is 9.10 Å². The van der Waals surface area contributed by atoms with Crippen molar-refractivity contribution in [2.24, 2.45) is 0 Å². The predicted octanol–water partition coefficient (Wildman–Crippen LogP) is 4.72. The lowest BCUT2D eigenvalue weighted by Crippen LogP contribution is -2.41. The molecule has 0 fully saturated rings. The minimum absolute atomic E-state index is 0.135. The highest BCUT2D eigenvalue weighted by atomic mass is 32.2. The van der Waals surface area contributed by atoms with E-state index in [1.54, 1.807) is 12.1 Å². The van der Waals surface area contributed by atoms with Gasteiger partial charge in [0.15, 0.2) is 0 Å². The highest BCUT2D eigenvalue weighted by Crippen LogP contribution is 2.26. The molecule has 0 aromatic heterocycles. The number of aryl methyl sites for hydroxylation is 2. The predicted molar refractivity (Wildman–Crippen MR) is 127 cm³/mol. The Morgan fingerprint density at radius 1 is 1.00 bits per heavy atom. The molecule has 0 radical (unpaired) electrons. The normalized spacial score (nSPS) is 14.7. The second-order valence-electron chi connectivity index (χ2n) is 8.78. The van der Waals surface area contributed by atoms with Gasteiger partial charge in [-0.25, -0.2) is 8.42 Å². The summed E-state index contributed by atoms with van der Waals surface area (Å²) in [5.74, 6) is 0.0499. The molecule has 168 valence electrons. The molecule has 1 N–H and O–H groups in total. The lowest BCUT2D eigenvalue weighted by Gasteiger charge is -2.25. The summed E-state index contributed by atoms with van der Waals surface area (Å²) in [7, 11) is -3.59. The third kappa shape index (κ3) is 5.88. The van der Waals surface area contributed by atoms with Crippen LogP contribution in [-0.4, -0.2) is 27.1 Å². The van der Waals surface area contributed by atoms with Crippen molar-refractivity contribution in [2.75, 3.05) is 17.1 Å². The Kier molecular flexibility index (Phi) is 7.42. The zero-order valence-electron chi connectivity index (χ0n) is 19.0. The van der Waals surface area contributed by atoms with Crippen LogP contribution in [0.25, 0.3) is 0 Å². The van der Waals surface area contributed by atoms with E-state index in [9.17, 15) is 13.2 Å². The van der Waals surface area contributed by atoms with E-state index >= 15 is 0 Å². The number of sulfonamides is 1. The fourth-order valence-electron chi connectivity index (χ4n) is 4.19. The lowest BCUT2D eigenvalue weighted by molar-refractivity contribution is -0.120. The molecular weight excluding hydrogens is 408 g/mol. The Balaban J connectivity index is 1.75. The fourth-order valence-corrected chi connectivity index (χ4v) is 5.04. The molecule has 0 spiro atoms. The minimum Gasteiger partial charge on any atom is -0.348 e. The topological polar surface area (TPSA) is 66.5 Å². The largest absolute Gasteiger partial charge is 0.348 e. The first-order valence-electron chi connectivity index (χ1n) is 11.2. The summed E-state index contributed by atoms with van der Waals surface area (Å²) in [6.45, 7) is 5.97. The van der Waals surface area contributed by atoms with Crippen molar-refractivity contribution >= 4 is 21.6 Å². The van der Waals surface area contributed by atoms with Crippen molar-refractivity contribution in [3.8, 4) is 0 Å². The number of hydrogen-bond donors (Lipinski definition) is 1. The molecule has 3 rings (SSSR count). The van der Waals surface area contributed by atoms with Gasteiger partial charge in [-0.2, -0.15) is 0 Å². The van der Waals surface area contributed by atoms with Crippen LogP contribution in [0, 0.1) is 0 Å². The van der Waals surface area contributed by atoms with Gasteiger partial charge in [0, 0.05) is 0 Å². The van der Waals surface area contributed by atoms with Crippen molar-refractivity contribution in [1.82, 2.24) is 5.32 Å². The summed E-state index contributed by atoms with van der Waals surface area (Å²) in [5, 5.41) is 3.05. The highest BCUT2D eigenvalue weighted by molar-refractivity contribution is 7.92. The van der Waals surface area contributed by atoms with Gasteiger partial charge >= 0.3 is 0 Å². The van der Waals surface area contributed by atoms with Crippen LogP contribution in [0.1, 0.15) is 74.2 Å². The molecule has 0 bridgehead atoms. The van der Waals surface area contributed by atoms with Crippen LogP contribution >= 0.6 is 0 Å². The molecule has 5 nitrogen and oxygen atoms in total. The Morgan fingerprint density at radius 2 is 1.61 bits per heavy atom. The van der Waals surface area contributed by atoms with Crippen LogP contribution in [0.5, 0.6) is 0 Å². The van der Waals surface area contributed by atoms with E-state index in [0.29, 0.717) is 11.6 Å². The Bertz CT molecular complexity index is 1010. The lowest BCUT2D eigenvalue weighted by atomic mass is 9.89. The fraction of sp³-hybridized carbons (Fsp3) is 0.480. The monoisotopic (exact) mass is 442 g/mol. The summed E-state index contributed by atoms with van der Waals surface area (Å²) in [4.78, 5) is 12.9. The minimum atomic E-state index is -3.59. The number of anilines is 1. The van der Waals surface area contributed by atoms with E-state index in [1.165, 1.54) is 28.3 Å². The van der Waals surface area contributed by atoms with Crippen LogP contribution in [0.15, 0.2) is 42.5 Å². The maximum absolute atomic E-state index is 12.9. The van der Waals surface area contributed by atoms with E-state index in [2.05, 4.69) is 37.4 Å². The Morgan fingerprint density at radius 3 is 2.19 bits per heavy atom. The molecule has 1 aliphatic carbocycles. The van der Waals surface area contributed by atoms with Gasteiger partial charge in [0.2, 0.25) is 15.9 Å². The van der Waals surface area contributed by atoms with Gasteiger partial charge in [-0.1, -0.05) is 51.1 Å². The Hall–Kier alpha value is -2.34. The van der Waals surface area contributed by atoms with E-state index in [-0.39, 0.29) is 18.5 Å². The second kappa shape index (κ2) is 9.86. The molecule has 0 aliphatic heterocycles. The number of carbonyl (C=O) groups excluding carboxylic acids is 1. The number of nitrogens with one attached hydrogen (secondary N) is 1. The van der Waals surface area contributed by atoms with Gasteiger partial charge in [-0.15, -0.1) is 0 Å². The number of amides is 1. The van der Waals surface area contributed by atoms with Gasteiger partial charge < -0.3 is 5.32 Å². The SMILES string of the molecule is CC[C@@H](NC(=O)CN(c1ccc(C(C)C)cc1)S(C)(=O)=O)c1ccc2c(c1)CCCC2. The molecule has 2 aromatic carbocycles. The van der Waals surface area contributed by atoms with Crippen molar-refractivity contribution in [3.63, 3.8) is 0 Å². The molecule has 0 heterocycles. The average molecular weight is 443 g/mol. The summed E-state index contributed by atoms with van der Waals surface area (Å²) in [6, 6.07) is 13.7. The molecule has 31 heavy (non-hydrogen) atoms. The standard InChI is InChI=1S/C25H34N2O3S/c1-5-24(22-11-10-20-8-6-7-9-21(20)16-22)26-25(28)17-27(31(4,29)30)23-14-12-19(13-15-23)18(2)3/h10-16,18,24H,5-9,17H2,1-4H3,(H,26,28)/t24-/m1/s1. The van der Waals surface area contributed by atoms with Crippen molar-refractivity contribution in [3.05, 3.63) is 64.7 Å². The van der Waals surface area contributed by atoms with E-state index in [1.807, 2.05) is 19.1 Å². The number of benzene rings is 2. The number of fused-ring (bicyclic) bond motifs is 1. The smallest absolute Gasteiger partial charge is 0.241 e. The summed E-state index contributed by atoms with van der Waals surface area (Å²) < 4.78 is 26.0. The van der Waals surface area contributed by atoms with E-state index < -0.39 is 10.0 Å². The second-order valence-corrected chi connectivity index (χ2v) is 10.7. The molecule has 0 saturated heterocycles. The van der Waals surface area contributed by atoms with Crippen molar-refractivity contribution in [1.29, 1.82) is 0 Å². The first-order valence-corrected chi connectivity index (χ1v) is 13.0.